The second-order valence-corrected chi connectivity index (χ2v) is 6.34. The summed E-state index contributed by atoms with van der Waals surface area (Å²) in [4.78, 5) is 24.7. The Hall–Kier alpha value is -1.83. The molecule has 3 N–H and O–H groups in total. The average molecular weight is 356 g/mol. The zero-order chi connectivity index (χ0) is 15.5. The second kappa shape index (κ2) is 7.63. The number of nitrogens with one attached hydrogen (secondary N) is 3. The molecular weight excluding hydrogens is 338 g/mol. The van der Waals surface area contributed by atoms with E-state index in [0.717, 1.165) is 18.7 Å². The molecule has 6 nitrogen and oxygen atoms in total. The van der Waals surface area contributed by atoms with Crippen LogP contribution in [0.1, 0.15) is 25.8 Å². The number of aryl methyl sites for hydroxylation is 1. The lowest BCUT2D eigenvalue weighted by Crippen LogP contribution is -2.48. The molecule has 8 heteroatoms. The Labute approximate surface area is 144 Å². The first-order chi connectivity index (χ1) is 10.6. The number of furan rings is 1. The van der Waals surface area contributed by atoms with Crippen LogP contribution < -0.4 is 16.0 Å². The smallest absolute Gasteiger partial charge is 0.291 e. The molecule has 0 unspecified atom stereocenters. The lowest BCUT2D eigenvalue weighted by Gasteiger charge is -2.26. The van der Waals surface area contributed by atoms with Gasteiger partial charge in [-0.05, 0) is 30.7 Å². The topological polar surface area (TPSA) is 83.4 Å². The standard InChI is InChI=1S/C15H17N3O3S.ClH/c1-9-5-12(18-14(19)11-3-2-4-21-11)22-13(9)15(20)17-8-10-6-16-7-10;/h2-5,10,16H,6-8H2,1H3,(H,17,20)(H,18,19);1H. The molecule has 1 aliphatic heterocycles. The summed E-state index contributed by atoms with van der Waals surface area (Å²) >= 11 is 1.27. The van der Waals surface area contributed by atoms with E-state index in [4.69, 9.17) is 4.42 Å². The van der Waals surface area contributed by atoms with Gasteiger partial charge in [-0.1, -0.05) is 0 Å². The number of hydrogen-bond acceptors (Lipinski definition) is 5. The summed E-state index contributed by atoms with van der Waals surface area (Å²) < 4.78 is 5.04. The van der Waals surface area contributed by atoms with Gasteiger partial charge in [-0.3, -0.25) is 9.59 Å². The van der Waals surface area contributed by atoms with Gasteiger partial charge in [0.25, 0.3) is 11.8 Å². The first-order valence-electron chi connectivity index (χ1n) is 7.07. The van der Waals surface area contributed by atoms with Crippen LogP contribution in [0.15, 0.2) is 28.9 Å². The first-order valence-corrected chi connectivity index (χ1v) is 7.89. The molecule has 0 atom stereocenters. The van der Waals surface area contributed by atoms with Crippen molar-refractivity contribution in [3.63, 3.8) is 0 Å². The van der Waals surface area contributed by atoms with Gasteiger partial charge in [0, 0.05) is 25.6 Å². The molecule has 1 aliphatic rings. The highest BCUT2D eigenvalue weighted by molar-refractivity contribution is 7.18. The van der Waals surface area contributed by atoms with Crippen LogP contribution in [0.25, 0.3) is 0 Å². The third-order valence-electron chi connectivity index (χ3n) is 3.52. The molecule has 2 aromatic rings. The predicted octanol–water partition coefficient (Wildman–Crippen LogP) is 2.27. The van der Waals surface area contributed by atoms with E-state index in [0.29, 0.717) is 22.3 Å². The Kier molecular flexibility index (Phi) is 5.81. The van der Waals surface area contributed by atoms with Gasteiger partial charge in [0.2, 0.25) is 0 Å². The van der Waals surface area contributed by atoms with Gasteiger partial charge in [0.15, 0.2) is 5.76 Å². The minimum Gasteiger partial charge on any atom is -0.459 e. The molecule has 3 heterocycles. The van der Waals surface area contributed by atoms with Crippen molar-refractivity contribution in [2.24, 2.45) is 5.92 Å². The van der Waals surface area contributed by atoms with Crippen LogP contribution in [-0.4, -0.2) is 31.4 Å². The Morgan fingerprint density at radius 2 is 2.17 bits per heavy atom. The van der Waals surface area contributed by atoms with E-state index in [1.165, 1.54) is 17.6 Å². The molecule has 0 saturated carbocycles. The Morgan fingerprint density at radius 3 is 2.78 bits per heavy atom. The summed E-state index contributed by atoms with van der Waals surface area (Å²) in [6, 6.07) is 5.05. The van der Waals surface area contributed by atoms with Gasteiger partial charge in [-0.15, -0.1) is 23.7 Å². The van der Waals surface area contributed by atoms with Crippen LogP contribution in [0, 0.1) is 12.8 Å². The highest BCUT2D eigenvalue weighted by Gasteiger charge is 2.20. The van der Waals surface area contributed by atoms with E-state index in [-0.39, 0.29) is 30.0 Å². The largest absolute Gasteiger partial charge is 0.459 e. The van der Waals surface area contributed by atoms with Crippen molar-refractivity contribution in [3.8, 4) is 0 Å². The van der Waals surface area contributed by atoms with Gasteiger partial charge in [-0.2, -0.15) is 0 Å². The predicted molar refractivity (Wildman–Crippen MR) is 91.7 cm³/mol. The number of amides is 2. The SMILES string of the molecule is Cc1cc(NC(=O)c2ccco2)sc1C(=O)NCC1CNC1.Cl. The molecule has 1 fully saturated rings. The molecular formula is C15H18ClN3O3S. The third kappa shape index (κ3) is 4.13. The summed E-state index contributed by atoms with van der Waals surface area (Å²) in [6.45, 7) is 4.44. The van der Waals surface area contributed by atoms with Crippen LogP contribution in [0.3, 0.4) is 0 Å². The minimum atomic E-state index is -0.321. The van der Waals surface area contributed by atoms with Crippen molar-refractivity contribution in [1.82, 2.24) is 10.6 Å². The van der Waals surface area contributed by atoms with Gasteiger partial charge in [0.1, 0.15) is 0 Å². The average Bonchev–Trinajstić information content (AvgIpc) is 3.06. The number of rotatable bonds is 5. The van der Waals surface area contributed by atoms with Crippen molar-refractivity contribution >= 4 is 40.6 Å². The van der Waals surface area contributed by atoms with Crippen LogP contribution in [0.5, 0.6) is 0 Å². The van der Waals surface area contributed by atoms with E-state index < -0.39 is 0 Å². The number of anilines is 1. The van der Waals surface area contributed by atoms with E-state index in [2.05, 4.69) is 16.0 Å². The maximum atomic E-state index is 12.2. The number of hydrogen-bond donors (Lipinski definition) is 3. The molecule has 124 valence electrons. The lowest BCUT2D eigenvalue weighted by molar-refractivity contribution is 0.0944. The summed E-state index contributed by atoms with van der Waals surface area (Å²) in [5.41, 5.74) is 0.851. The lowest BCUT2D eigenvalue weighted by atomic mass is 10.0. The normalized spacial score (nSPS) is 13.8. The quantitative estimate of drug-likeness (QED) is 0.768. The van der Waals surface area contributed by atoms with Crippen LogP contribution >= 0.6 is 23.7 Å². The van der Waals surface area contributed by atoms with Crippen molar-refractivity contribution in [3.05, 3.63) is 40.7 Å². The van der Waals surface area contributed by atoms with E-state index in [9.17, 15) is 9.59 Å². The maximum absolute atomic E-state index is 12.2. The monoisotopic (exact) mass is 355 g/mol. The van der Waals surface area contributed by atoms with Gasteiger partial charge in [0.05, 0.1) is 16.1 Å². The zero-order valence-corrected chi connectivity index (χ0v) is 14.2. The number of thiophene rings is 1. The summed E-state index contributed by atoms with van der Waals surface area (Å²) in [7, 11) is 0. The highest BCUT2D eigenvalue weighted by atomic mass is 35.5. The molecule has 0 bridgehead atoms. The van der Waals surface area contributed by atoms with Gasteiger partial charge < -0.3 is 20.4 Å². The fourth-order valence-electron chi connectivity index (χ4n) is 2.16. The highest BCUT2D eigenvalue weighted by Crippen LogP contribution is 2.27. The minimum absolute atomic E-state index is 0. The van der Waals surface area contributed by atoms with E-state index in [1.54, 1.807) is 18.2 Å². The molecule has 23 heavy (non-hydrogen) atoms. The molecule has 2 aromatic heterocycles. The zero-order valence-electron chi connectivity index (χ0n) is 12.5. The molecule has 0 radical (unpaired) electrons. The Bertz CT molecular complexity index is 680. The van der Waals surface area contributed by atoms with Crippen LogP contribution in [-0.2, 0) is 0 Å². The molecule has 1 saturated heterocycles. The molecule has 0 aliphatic carbocycles. The van der Waals surface area contributed by atoms with Crippen molar-refractivity contribution in [1.29, 1.82) is 0 Å². The van der Waals surface area contributed by atoms with Crippen LogP contribution in [0.2, 0.25) is 0 Å². The maximum Gasteiger partial charge on any atom is 0.291 e. The molecule has 0 aromatic carbocycles. The fraction of sp³-hybridized carbons (Fsp3) is 0.333. The van der Waals surface area contributed by atoms with Gasteiger partial charge >= 0.3 is 0 Å². The third-order valence-corrected chi connectivity index (χ3v) is 4.67. The number of carbonyl (C=O) groups is 2. The Morgan fingerprint density at radius 1 is 1.39 bits per heavy atom. The van der Waals surface area contributed by atoms with Crippen LogP contribution in [0.4, 0.5) is 5.00 Å². The number of halogens is 1. The molecule has 2 amide bonds. The fourth-order valence-corrected chi connectivity index (χ4v) is 3.14. The molecule has 0 spiro atoms. The van der Waals surface area contributed by atoms with Gasteiger partial charge in [-0.25, -0.2) is 0 Å². The van der Waals surface area contributed by atoms with Crippen molar-refractivity contribution < 1.29 is 14.0 Å². The van der Waals surface area contributed by atoms with E-state index in [1.807, 2.05) is 6.92 Å². The summed E-state index contributed by atoms with van der Waals surface area (Å²) in [6.07, 6.45) is 1.45. The van der Waals surface area contributed by atoms with Crippen molar-refractivity contribution in [2.45, 2.75) is 6.92 Å². The number of carbonyl (C=O) groups excluding carboxylic acids is 2. The van der Waals surface area contributed by atoms with E-state index >= 15 is 0 Å². The summed E-state index contributed by atoms with van der Waals surface area (Å²) in [5.74, 6) is 0.350. The Balaban J connectivity index is 0.00000192. The molecule has 3 rings (SSSR count). The second-order valence-electron chi connectivity index (χ2n) is 5.29. The van der Waals surface area contributed by atoms with Crippen molar-refractivity contribution in [2.75, 3.05) is 25.0 Å². The summed E-state index contributed by atoms with van der Waals surface area (Å²) in [5, 5.41) is 9.48. The first kappa shape index (κ1) is 17.5.